The predicted molar refractivity (Wildman–Crippen MR) is 98.4 cm³/mol. The lowest BCUT2D eigenvalue weighted by molar-refractivity contribution is -0.123. The van der Waals surface area contributed by atoms with Crippen LogP contribution < -0.4 is 10.1 Å². The highest BCUT2D eigenvalue weighted by Gasteiger charge is 2.15. The minimum absolute atomic E-state index is 0.0213. The van der Waals surface area contributed by atoms with Gasteiger partial charge in [0.2, 0.25) is 0 Å². The van der Waals surface area contributed by atoms with Crippen LogP contribution in [-0.2, 0) is 10.2 Å². The molecule has 0 heterocycles. The molecule has 0 unspecified atom stereocenters. The highest BCUT2D eigenvalue weighted by atomic mass is 16.5. The lowest BCUT2D eigenvalue weighted by atomic mass is 9.86. The Labute approximate surface area is 145 Å². The quantitative estimate of drug-likeness (QED) is 0.876. The van der Waals surface area contributed by atoms with Crippen molar-refractivity contribution in [3.05, 3.63) is 65.2 Å². The third kappa shape index (κ3) is 5.12. The molecule has 0 radical (unpaired) electrons. The van der Waals surface area contributed by atoms with Crippen LogP contribution in [0.5, 0.6) is 5.75 Å². The summed E-state index contributed by atoms with van der Waals surface area (Å²) in [5, 5.41) is 2.97. The molecule has 3 heteroatoms. The number of hydrogen-bond acceptors (Lipinski definition) is 2. The molecule has 128 valence electrons. The Morgan fingerprint density at radius 1 is 1.04 bits per heavy atom. The Bertz CT molecular complexity index is 666. The summed E-state index contributed by atoms with van der Waals surface area (Å²) in [5.74, 6) is 0.584. The van der Waals surface area contributed by atoms with Gasteiger partial charge in [0.15, 0.2) is 6.61 Å². The summed E-state index contributed by atoms with van der Waals surface area (Å²) in [6.07, 6.45) is 0. The third-order valence-corrected chi connectivity index (χ3v) is 4.05. The molecule has 0 fully saturated rings. The van der Waals surface area contributed by atoms with Crippen LogP contribution in [0.2, 0.25) is 0 Å². The first kappa shape index (κ1) is 18.1. The molecule has 2 aromatic rings. The molecule has 0 aliphatic heterocycles. The highest BCUT2D eigenvalue weighted by molar-refractivity contribution is 5.78. The number of rotatable bonds is 5. The minimum Gasteiger partial charge on any atom is -0.484 e. The number of carbonyl (C=O) groups is 1. The molecular weight excluding hydrogens is 298 g/mol. The van der Waals surface area contributed by atoms with Gasteiger partial charge in [0.25, 0.3) is 5.91 Å². The van der Waals surface area contributed by atoms with E-state index in [1.807, 2.05) is 38.1 Å². The van der Waals surface area contributed by atoms with E-state index in [2.05, 4.69) is 50.4 Å². The van der Waals surface area contributed by atoms with Crippen molar-refractivity contribution in [2.75, 3.05) is 6.61 Å². The van der Waals surface area contributed by atoms with Crippen LogP contribution in [0.1, 0.15) is 50.4 Å². The van der Waals surface area contributed by atoms with Crippen LogP contribution >= 0.6 is 0 Å². The molecule has 0 aromatic heterocycles. The number of aryl methyl sites for hydroxylation is 1. The Morgan fingerprint density at radius 3 is 2.17 bits per heavy atom. The average Bonchev–Trinajstić information content (AvgIpc) is 2.53. The summed E-state index contributed by atoms with van der Waals surface area (Å²) in [5.41, 5.74) is 3.67. The van der Waals surface area contributed by atoms with Crippen LogP contribution in [0, 0.1) is 6.92 Å². The second-order valence-corrected chi connectivity index (χ2v) is 7.26. The molecule has 24 heavy (non-hydrogen) atoms. The number of ether oxygens (including phenoxy) is 1. The van der Waals surface area contributed by atoms with Crippen molar-refractivity contribution in [3.8, 4) is 5.75 Å². The summed E-state index contributed by atoms with van der Waals surface area (Å²) in [7, 11) is 0. The summed E-state index contributed by atoms with van der Waals surface area (Å²) in [4.78, 5) is 12.1. The fraction of sp³-hybridized carbons (Fsp3) is 0.381. The van der Waals surface area contributed by atoms with Gasteiger partial charge in [-0.3, -0.25) is 4.79 Å². The second kappa shape index (κ2) is 7.52. The van der Waals surface area contributed by atoms with E-state index in [4.69, 9.17) is 4.74 Å². The number of amides is 1. The Morgan fingerprint density at radius 2 is 1.62 bits per heavy atom. The maximum Gasteiger partial charge on any atom is 0.258 e. The summed E-state index contributed by atoms with van der Waals surface area (Å²) >= 11 is 0. The topological polar surface area (TPSA) is 38.3 Å². The van der Waals surface area contributed by atoms with E-state index >= 15 is 0 Å². The lowest BCUT2D eigenvalue weighted by Crippen LogP contribution is -2.31. The maximum atomic E-state index is 12.1. The second-order valence-electron chi connectivity index (χ2n) is 7.26. The van der Waals surface area contributed by atoms with Crippen molar-refractivity contribution in [2.45, 2.75) is 46.1 Å². The van der Waals surface area contributed by atoms with E-state index in [-0.39, 0.29) is 24.0 Å². The molecular formula is C21H27NO2. The number of carbonyl (C=O) groups excluding carboxylic acids is 1. The Balaban J connectivity index is 1.88. The van der Waals surface area contributed by atoms with Crippen molar-refractivity contribution >= 4 is 5.91 Å². The summed E-state index contributed by atoms with van der Waals surface area (Å²) in [6.45, 7) is 10.6. The molecule has 0 aliphatic carbocycles. The van der Waals surface area contributed by atoms with Crippen molar-refractivity contribution in [1.29, 1.82) is 0 Å². The highest BCUT2D eigenvalue weighted by Crippen LogP contribution is 2.23. The molecule has 1 N–H and O–H groups in total. The fourth-order valence-corrected chi connectivity index (χ4v) is 2.42. The number of benzene rings is 2. The van der Waals surface area contributed by atoms with Crippen LogP contribution in [0.3, 0.4) is 0 Å². The Hall–Kier alpha value is -2.29. The van der Waals surface area contributed by atoms with E-state index in [0.717, 1.165) is 5.56 Å². The van der Waals surface area contributed by atoms with Gasteiger partial charge in [-0.15, -0.1) is 0 Å². The van der Waals surface area contributed by atoms with Crippen LogP contribution in [0.15, 0.2) is 48.5 Å². The van der Waals surface area contributed by atoms with E-state index < -0.39 is 0 Å². The number of nitrogens with one attached hydrogen (secondary N) is 1. The molecule has 0 aliphatic rings. The largest absolute Gasteiger partial charge is 0.484 e. The van der Waals surface area contributed by atoms with Gasteiger partial charge >= 0.3 is 0 Å². The van der Waals surface area contributed by atoms with Gasteiger partial charge in [-0.25, -0.2) is 0 Å². The van der Waals surface area contributed by atoms with Gasteiger partial charge in [-0.1, -0.05) is 62.7 Å². The first-order valence-electron chi connectivity index (χ1n) is 8.35. The van der Waals surface area contributed by atoms with Crippen molar-refractivity contribution in [2.24, 2.45) is 0 Å². The molecule has 0 saturated carbocycles. The zero-order chi connectivity index (χ0) is 17.7. The zero-order valence-electron chi connectivity index (χ0n) is 15.2. The van der Waals surface area contributed by atoms with Crippen LogP contribution in [0.25, 0.3) is 0 Å². The zero-order valence-corrected chi connectivity index (χ0v) is 15.2. The average molecular weight is 325 g/mol. The molecule has 3 nitrogen and oxygen atoms in total. The molecule has 0 saturated heterocycles. The van der Waals surface area contributed by atoms with Crippen molar-refractivity contribution in [3.63, 3.8) is 0 Å². The summed E-state index contributed by atoms with van der Waals surface area (Å²) in [6, 6.07) is 16.0. The first-order valence-corrected chi connectivity index (χ1v) is 8.35. The molecule has 0 bridgehead atoms. The van der Waals surface area contributed by atoms with Gasteiger partial charge in [0.05, 0.1) is 6.04 Å². The van der Waals surface area contributed by atoms with E-state index in [9.17, 15) is 4.79 Å². The monoisotopic (exact) mass is 325 g/mol. The normalized spacial score (nSPS) is 12.5. The molecule has 0 spiro atoms. The van der Waals surface area contributed by atoms with Gasteiger partial charge in [-0.05, 0) is 42.5 Å². The predicted octanol–water partition coefficient (Wildman–Crippen LogP) is 4.55. The Kier molecular flexibility index (Phi) is 5.66. The maximum absolute atomic E-state index is 12.1. The van der Waals surface area contributed by atoms with Gasteiger partial charge < -0.3 is 10.1 Å². The van der Waals surface area contributed by atoms with Crippen molar-refractivity contribution in [1.82, 2.24) is 5.32 Å². The fourth-order valence-electron chi connectivity index (χ4n) is 2.42. The minimum atomic E-state index is -0.122. The van der Waals surface area contributed by atoms with Gasteiger partial charge in [0.1, 0.15) is 5.75 Å². The van der Waals surface area contributed by atoms with E-state index in [0.29, 0.717) is 5.75 Å². The van der Waals surface area contributed by atoms with E-state index in [1.165, 1.54) is 11.1 Å². The smallest absolute Gasteiger partial charge is 0.258 e. The molecule has 1 atom stereocenters. The number of hydrogen-bond donors (Lipinski definition) is 1. The lowest BCUT2D eigenvalue weighted by Gasteiger charge is -2.20. The van der Waals surface area contributed by atoms with Gasteiger partial charge in [0, 0.05) is 0 Å². The van der Waals surface area contributed by atoms with E-state index in [1.54, 1.807) is 0 Å². The first-order chi connectivity index (χ1) is 11.3. The molecule has 2 aromatic carbocycles. The third-order valence-electron chi connectivity index (χ3n) is 4.05. The van der Waals surface area contributed by atoms with Crippen molar-refractivity contribution < 1.29 is 9.53 Å². The van der Waals surface area contributed by atoms with Crippen LogP contribution in [-0.4, -0.2) is 12.5 Å². The standard InChI is InChI=1S/C21H27NO2/c1-15-6-12-19(13-7-15)24-14-20(23)22-16(2)17-8-10-18(11-9-17)21(3,4)5/h6-13,16H,14H2,1-5H3,(H,22,23)/t16-/m1/s1. The SMILES string of the molecule is Cc1ccc(OCC(=O)N[C@H](C)c2ccc(C(C)(C)C)cc2)cc1. The molecule has 2 rings (SSSR count). The molecule has 1 amide bonds. The van der Waals surface area contributed by atoms with Gasteiger partial charge in [-0.2, -0.15) is 0 Å². The summed E-state index contributed by atoms with van der Waals surface area (Å²) < 4.78 is 5.51. The van der Waals surface area contributed by atoms with Crippen LogP contribution in [0.4, 0.5) is 0 Å².